The van der Waals surface area contributed by atoms with Gasteiger partial charge in [-0.2, -0.15) is 0 Å². The summed E-state index contributed by atoms with van der Waals surface area (Å²) in [5.74, 6) is 1.53. The minimum atomic E-state index is -2.14. The predicted molar refractivity (Wildman–Crippen MR) is 192 cm³/mol. The van der Waals surface area contributed by atoms with Gasteiger partial charge in [0.1, 0.15) is 0 Å². The first-order valence-corrected chi connectivity index (χ1v) is 25.0. The molecule has 4 aliphatic rings. The van der Waals surface area contributed by atoms with Crippen LogP contribution in [0.1, 0.15) is 92.0 Å². The molecular weight excluding hydrogens is 671 g/mol. The Kier molecular flexibility index (Phi) is 9.22. The molecule has 0 aromatic heterocycles. The van der Waals surface area contributed by atoms with Gasteiger partial charge in [0.15, 0.2) is 0 Å². The Bertz CT molecular complexity index is 1700. The minimum absolute atomic E-state index is 0. The maximum Gasteiger partial charge on any atom is -0.147 e. The van der Waals surface area contributed by atoms with Gasteiger partial charge in [-0.3, -0.25) is 0 Å². The van der Waals surface area contributed by atoms with E-state index < -0.39 is 25.8 Å². The molecule has 2 atom stereocenters. The van der Waals surface area contributed by atoms with Gasteiger partial charge in [0.25, 0.3) is 0 Å². The van der Waals surface area contributed by atoms with Crippen LogP contribution in [0.2, 0.25) is 13.1 Å². The molecule has 2 saturated carbocycles. The Hall–Kier alpha value is -1.96. The molecule has 0 nitrogen and oxygen atoms in total. The number of fused-ring (bicyclic) bond motifs is 2. The molecule has 224 valence electrons. The van der Waals surface area contributed by atoms with E-state index >= 15 is 0 Å². The maximum absolute atomic E-state index is 2.69. The molecule has 0 aliphatic heterocycles. The van der Waals surface area contributed by atoms with Gasteiger partial charge in [-0.1, -0.05) is 0 Å². The average Bonchev–Trinajstić information content (AvgIpc) is 3.94. The van der Waals surface area contributed by atoms with Crippen LogP contribution in [0.25, 0.3) is 34.4 Å². The van der Waals surface area contributed by atoms with Gasteiger partial charge in [0.2, 0.25) is 0 Å². The van der Waals surface area contributed by atoms with Crippen LogP contribution in [-0.2, 0) is 20.4 Å². The topological polar surface area (TPSA) is 0 Å². The molecule has 4 heteroatoms. The molecule has 4 aromatic carbocycles. The first kappa shape index (κ1) is 32.0. The van der Waals surface area contributed by atoms with Gasteiger partial charge in [-0.05, 0) is 0 Å². The molecule has 2 unspecified atom stereocenters. The summed E-state index contributed by atoms with van der Waals surface area (Å²) >= 11 is -2.14. The molecule has 2 fully saturated rings. The van der Waals surface area contributed by atoms with Crippen molar-refractivity contribution >= 4 is 42.4 Å². The van der Waals surface area contributed by atoms with Crippen molar-refractivity contribution < 1.29 is 20.4 Å². The van der Waals surface area contributed by atoms with Crippen LogP contribution in [-0.4, -0.2) is 5.43 Å². The Morgan fingerprint density at radius 2 is 0.955 bits per heavy atom. The normalized spacial score (nSPS) is 19.6. The fourth-order valence-corrected chi connectivity index (χ4v) is 28.6. The number of hydrogen-bond donors (Lipinski definition) is 0. The summed E-state index contributed by atoms with van der Waals surface area (Å²) in [6.45, 7) is 10.3. The molecule has 0 spiro atoms. The molecule has 44 heavy (non-hydrogen) atoms. The van der Waals surface area contributed by atoms with Crippen molar-refractivity contribution in [3.8, 4) is 22.3 Å². The van der Waals surface area contributed by atoms with Crippen molar-refractivity contribution in [3.63, 3.8) is 0 Å². The molecule has 8 rings (SSSR count). The quantitative estimate of drug-likeness (QED) is 0.175. The summed E-state index contributed by atoms with van der Waals surface area (Å²) in [5, 5.41) is 0. The molecule has 0 bridgehead atoms. The molecule has 0 heterocycles. The smallest absolute Gasteiger partial charge is 0.147 e. The summed E-state index contributed by atoms with van der Waals surface area (Å²) in [5.41, 5.74) is 18.2. The molecule has 0 amide bonds. The second kappa shape index (κ2) is 12.7. The van der Waals surface area contributed by atoms with E-state index in [-0.39, 0.29) is 24.8 Å². The third-order valence-electron chi connectivity index (χ3n) is 10.2. The Labute approximate surface area is 284 Å². The standard InChI is InChI=1S/2C19H17.C2H6Si.2ClH.Zr/c2*1-13-9-17-11-16(14-7-8-14)12-19(18(17)10-13)15-5-3-2-4-6-15;1-3-2;;;/h2*2-6,9-12,14H,7-8H2,1H3;1-2H3;2*1H;. The zero-order valence-corrected chi connectivity index (χ0v) is 31.3. The summed E-state index contributed by atoms with van der Waals surface area (Å²) in [7, 11) is 0. The number of hydrogen-bond acceptors (Lipinski definition) is 0. The number of halogens is 2. The van der Waals surface area contributed by atoms with E-state index in [0.717, 1.165) is 11.8 Å². The molecule has 4 aromatic rings. The van der Waals surface area contributed by atoms with Gasteiger partial charge in [-0.15, -0.1) is 24.8 Å². The van der Waals surface area contributed by atoms with Crippen LogP contribution >= 0.6 is 24.8 Å². The van der Waals surface area contributed by atoms with Crippen LogP contribution in [0.5, 0.6) is 0 Å². The monoisotopic (exact) mass is 710 g/mol. The van der Waals surface area contributed by atoms with Crippen LogP contribution in [0, 0.1) is 0 Å². The van der Waals surface area contributed by atoms with Crippen LogP contribution in [0.3, 0.4) is 0 Å². The van der Waals surface area contributed by atoms with Crippen molar-refractivity contribution in [2.24, 2.45) is 0 Å². The third kappa shape index (κ3) is 5.64. The Morgan fingerprint density at radius 3 is 1.30 bits per heavy atom. The van der Waals surface area contributed by atoms with Crippen molar-refractivity contribution in [2.45, 2.75) is 71.7 Å². The van der Waals surface area contributed by atoms with Crippen molar-refractivity contribution in [1.82, 2.24) is 0 Å². The summed E-state index contributed by atoms with van der Waals surface area (Å²) in [6.07, 6.45) is 10.6. The van der Waals surface area contributed by atoms with Gasteiger partial charge in [-0.25, -0.2) is 0 Å². The fraction of sp³-hybridized carbons (Fsp3) is 0.300. The van der Waals surface area contributed by atoms with E-state index in [1.807, 2.05) is 0 Å². The average molecular weight is 713 g/mol. The molecule has 4 aliphatic carbocycles. The van der Waals surface area contributed by atoms with Crippen molar-refractivity contribution in [1.29, 1.82) is 0 Å². The zero-order valence-electron chi connectivity index (χ0n) is 26.2. The maximum atomic E-state index is 2.69. The number of rotatable bonds is 6. The molecule has 0 radical (unpaired) electrons. The largest absolute Gasteiger partial charge is 0.147 e. The number of allylic oxidation sites excluding steroid dienone is 2. The second-order valence-electron chi connectivity index (χ2n) is 13.5. The van der Waals surface area contributed by atoms with Crippen LogP contribution in [0.4, 0.5) is 0 Å². The van der Waals surface area contributed by atoms with E-state index in [4.69, 9.17) is 0 Å². The first-order valence-electron chi connectivity index (χ1n) is 16.0. The van der Waals surface area contributed by atoms with E-state index in [2.05, 4.69) is 124 Å². The molecule has 0 saturated heterocycles. The summed E-state index contributed by atoms with van der Waals surface area (Å²) < 4.78 is 1.35. The predicted octanol–water partition coefficient (Wildman–Crippen LogP) is 12.1. The van der Waals surface area contributed by atoms with Gasteiger partial charge < -0.3 is 0 Å². The minimum Gasteiger partial charge on any atom is -0.147 e. The van der Waals surface area contributed by atoms with Gasteiger partial charge >= 0.3 is 261 Å². The van der Waals surface area contributed by atoms with Crippen LogP contribution < -0.4 is 0 Å². The fourth-order valence-electron chi connectivity index (χ4n) is 7.90. The molecule has 0 N–H and O–H groups in total. The Balaban J connectivity index is 0.00000171. The van der Waals surface area contributed by atoms with E-state index in [9.17, 15) is 0 Å². The molecular formula is C40H42Cl2SiZr. The van der Waals surface area contributed by atoms with Gasteiger partial charge in [0, 0.05) is 0 Å². The third-order valence-corrected chi connectivity index (χ3v) is 30.1. The zero-order chi connectivity index (χ0) is 28.5. The van der Waals surface area contributed by atoms with Crippen LogP contribution in [0.15, 0.2) is 96.1 Å². The number of benzene rings is 4. The van der Waals surface area contributed by atoms with E-state index in [1.165, 1.54) is 59.1 Å². The van der Waals surface area contributed by atoms with Gasteiger partial charge in [0.05, 0.1) is 0 Å². The van der Waals surface area contributed by atoms with E-state index in [0.29, 0.717) is 7.25 Å². The van der Waals surface area contributed by atoms with E-state index in [1.54, 1.807) is 33.4 Å². The SMILES string of the molecule is CC1=Cc2c(-c3ccccc3)cc(C3CC3)cc2[CH]1[Zr]([CH]1C(C)=Cc2c(-c3ccccc3)cc(C3CC3)cc21)=[Si](C)C.Cl.Cl. The summed E-state index contributed by atoms with van der Waals surface area (Å²) in [4.78, 5) is 0. The van der Waals surface area contributed by atoms with Crippen molar-refractivity contribution in [3.05, 3.63) is 129 Å². The second-order valence-corrected chi connectivity index (χ2v) is 31.4. The first-order chi connectivity index (χ1) is 20.5. The van der Waals surface area contributed by atoms with Crippen molar-refractivity contribution in [2.75, 3.05) is 0 Å². The Morgan fingerprint density at radius 1 is 0.568 bits per heavy atom. The summed E-state index contributed by atoms with van der Waals surface area (Å²) in [6, 6.07) is 32.9.